The van der Waals surface area contributed by atoms with Gasteiger partial charge in [0.15, 0.2) is 0 Å². The minimum absolute atomic E-state index is 0. The molecule has 3 unspecified atom stereocenters. The van der Waals surface area contributed by atoms with E-state index in [0.29, 0.717) is 0 Å². The Kier molecular flexibility index (Phi) is 16.6. The molecule has 0 aromatic heterocycles. The average Bonchev–Trinajstić information content (AvgIpc) is 2.71. The zero-order valence-electron chi connectivity index (χ0n) is 14.6. The highest BCUT2D eigenvalue weighted by Crippen LogP contribution is 2.03. The SMILES string of the molecule is PCc1ccccc1.PCc1ccccc1.PCc1ccccc1.[Al]. The average molecular weight is 399 g/mol. The second-order valence-electron chi connectivity index (χ2n) is 5.07. The minimum atomic E-state index is 0. The van der Waals surface area contributed by atoms with Crippen LogP contribution >= 0.6 is 27.7 Å². The molecule has 129 valence electrons. The molecule has 3 radical (unpaired) electrons. The Labute approximate surface area is 171 Å². The summed E-state index contributed by atoms with van der Waals surface area (Å²) in [6, 6.07) is 31.1. The standard InChI is InChI=1S/3C7H9P.Al/c3*8-6-7-4-2-1-3-5-7;/h3*1-5H,6,8H2;. The van der Waals surface area contributed by atoms with Crippen molar-refractivity contribution in [1.29, 1.82) is 0 Å². The number of rotatable bonds is 3. The molecule has 25 heavy (non-hydrogen) atoms. The van der Waals surface area contributed by atoms with Crippen molar-refractivity contribution in [3.63, 3.8) is 0 Å². The van der Waals surface area contributed by atoms with Crippen LogP contribution in [0, 0.1) is 0 Å². The van der Waals surface area contributed by atoms with Crippen LogP contribution in [-0.4, -0.2) is 17.4 Å². The van der Waals surface area contributed by atoms with Crippen LogP contribution in [0.15, 0.2) is 91.0 Å². The van der Waals surface area contributed by atoms with Crippen molar-refractivity contribution >= 4 is 45.1 Å². The fourth-order valence-electron chi connectivity index (χ4n) is 1.84. The molecule has 0 aliphatic carbocycles. The van der Waals surface area contributed by atoms with Gasteiger partial charge in [0.25, 0.3) is 0 Å². The predicted octanol–water partition coefficient (Wildman–Crippen LogP) is 5.80. The van der Waals surface area contributed by atoms with Crippen molar-refractivity contribution < 1.29 is 0 Å². The first kappa shape index (κ1) is 24.5. The lowest BCUT2D eigenvalue weighted by Crippen LogP contribution is -1.70. The lowest BCUT2D eigenvalue weighted by molar-refractivity contribution is 1.42. The summed E-state index contributed by atoms with van der Waals surface area (Å²) in [5, 5.41) is 0. The zero-order valence-corrected chi connectivity index (χ0v) is 19.2. The molecule has 0 aliphatic heterocycles. The van der Waals surface area contributed by atoms with Gasteiger partial charge in [-0.2, -0.15) is 0 Å². The molecule has 0 saturated carbocycles. The quantitative estimate of drug-likeness (QED) is 0.386. The highest BCUT2D eigenvalue weighted by atomic mass is 31.0. The molecular formula is C21H27AlP3. The Balaban J connectivity index is 0.000000339. The molecule has 0 heterocycles. The second-order valence-corrected chi connectivity index (χ2v) is 6.29. The molecule has 3 aromatic carbocycles. The molecule has 0 bridgehead atoms. The Hall–Kier alpha value is -0.518. The van der Waals surface area contributed by atoms with Crippen molar-refractivity contribution in [3.8, 4) is 0 Å². The van der Waals surface area contributed by atoms with Gasteiger partial charge in [-0.15, -0.1) is 27.7 Å². The summed E-state index contributed by atoms with van der Waals surface area (Å²) in [5.41, 5.74) is 4.12. The van der Waals surface area contributed by atoms with E-state index in [1.54, 1.807) is 0 Å². The van der Waals surface area contributed by atoms with Crippen molar-refractivity contribution in [1.82, 2.24) is 0 Å². The predicted molar refractivity (Wildman–Crippen MR) is 125 cm³/mol. The maximum Gasteiger partial charge on any atom is 0 e. The van der Waals surface area contributed by atoms with Gasteiger partial charge < -0.3 is 0 Å². The molecule has 4 heteroatoms. The van der Waals surface area contributed by atoms with Crippen molar-refractivity contribution in [2.75, 3.05) is 0 Å². The van der Waals surface area contributed by atoms with E-state index in [2.05, 4.69) is 101 Å². The Bertz CT molecular complexity index is 537. The summed E-state index contributed by atoms with van der Waals surface area (Å²) in [6.45, 7) is 0. The highest BCUT2D eigenvalue weighted by molar-refractivity contribution is 7.15. The molecule has 0 spiro atoms. The summed E-state index contributed by atoms with van der Waals surface area (Å²) < 4.78 is 0. The topological polar surface area (TPSA) is 0 Å². The van der Waals surface area contributed by atoms with Gasteiger partial charge in [-0.25, -0.2) is 0 Å². The van der Waals surface area contributed by atoms with E-state index < -0.39 is 0 Å². The molecule has 0 N–H and O–H groups in total. The van der Waals surface area contributed by atoms with Crippen molar-refractivity contribution in [2.24, 2.45) is 0 Å². The van der Waals surface area contributed by atoms with Crippen LogP contribution in [0.25, 0.3) is 0 Å². The van der Waals surface area contributed by atoms with Crippen molar-refractivity contribution in [2.45, 2.75) is 18.5 Å². The van der Waals surface area contributed by atoms with Gasteiger partial charge in [-0.1, -0.05) is 91.0 Å². The molecule has 0 amide bonds. The van der Waals surface area contributed by atoms with Gasteiger partial charge in [0, 0.05) is 17.4 Å². The van der Waals surface area contributed by atoms with E-state index in [4.69, 9.17) is 0 Å². The fraction of sp³-hybridized carbons (Fsp3) is 0.143. The summed E-state index contributed by atoms with van der Waals surface area (Å²) in [5.74, 6) is 0. The van der Waals surface area contributed by atoms with Gasteiger partial charge in [-0.05, 0) is 35.2 Å². The molecule has 3 aromatic rings. The number of hydrogen-bond acceptors (Lipinski definition) is 0. The van der Waals surface area contributed by atoms with Crippen LogP contribution in [0.2, 0.25) is 0 Å². The monoisotopic (exact) mass is 399 g/mol. The molecule has 0 nitrogen and oxygen atoms in total. The van der Waals surface area contributed by atoms with Crippen LogP contribution in [0.4, 0.5) is 0 Å². The Morgan fingerprint density at radius 1 is 0.400 bits per heavy atom. The van der Waals surface area contributed by atoms with E-state index >= 15 is 0 Å². The number of hydrogen-bond donors (Lipinski definition) is 0. The van der Waals surface area contributed by atoms with E-state index in [9.17, 15) is 0 Å². The normalized spacial score (nSPS) is 8.76. The first-order chi connectivity index (χ1) is 11.8. The van der Waals surface area contributed by atoms with Gasteiger partial charge in [-0.3, -0.25) is 0 Å². The van der Waals surface area contributed by atoms with Gasteiger partial charge >= 0.3 is 0 Å². The van der Waals surface area contributed by atoms with Gasteiger partial charge in [0.05, 0.1) is 0 Å². The molecule has 3 atom stereocenters. The van der Waals surface area contributed by atoms with Crippen LogP contribution in [-0.2, 0) is 18.5 Å². The first-order valence-corrected chi connectivity index (χ1v) is 10.5. The molecular weight excluding hydrogens is 372 g/mol. The highest BCUT2D eigenvalue weighted by Gasteiger charge is 1.81. The Morgan fingerprint density at radius 3 is 0.720 bits per heavy atom. The zero-order chi connectivity index (χ0) is 17.5. The summed E-state index contributed by atoms with van der Waals surface area (Å²) >= 11 is 0. The van der Waals surface area contributed by atoms with Crippen LogP contribution in [0.5, 0.6) is 0 Å². The van der Waals surface area contributed by atoms with Gasteiger partial charge in [0.2, 0.25) is 0 Å². The third-order valence-corrected chi connectivity index (χ3v) is 4.65. The first-order valence-electron chi connectivity index (χ1n) is 8.02. The molecule has 3 rings (SSSR count). The van der Waals surface area contributed by atoms with E-state index in [-0.39, 0.29) is 17.4 Å². The molecule has 0 saturated heterocycles. The summed E-state index contributed by atoms with van der Waals surface area (Å²) in [4.78, 5) is 0. The summed E-state index contributed by atoms with van der Waals surface area (Å²) in [6.07, 6.45) is 3.17. The van der Waals surface area contributed by atoms with E-state index in [0.717, 1.165) is 18.5 Å². The van der Waals surface area contributed by atoms with Crippen LogP contribution in [0.3, 0.4) is 0 Å². The minimum Gasteiger partial charge on any atom is -0.133 e. The van der Waals surface area contributed by atoms with Gasteiger partial charge in [0.1, 0.15) is 0 Å². The lowest BCUT2D eigenvalue weighted by Gasteiger charge is -1.89. The molecule has 0 aliphatic rings. The van der Waals surface area contributed by atoms with E-state index in [1.807, 2.05) is 18.2 Å². The second kappa shape index (κ2) is 16.9. The third-order valence-electron chi connectivity index (χ3n) is 3.24. The fourth-order valence-corrected chi connectivity index (χ4v) is 2.66. The maximum absolute atomic E-state index is 2.69. The van der Waals surface area contributed by atoms with E-state index in [1.165, 1.54) is 16.7 Å². The van der Waals surface area contributed by atoms with Crippen LogP contribution < -0.4 is 0 Å². The third kappa shape index (κ3) is 12.5. The summed E-state index contributed by atoms with van der Waals surface area (Å²) in [7, 11) is 8.08. The largest absolute Gasteiger partial charge is 0.133 e. The smallest absolute Gasteiger partial charge is 0 e. The Morgan fingerprint density at radius 2 is 0.600 bits per heavy atom. The lowest BCUT2D eigenvalue weighted by atomic mass is 10.2. The van der Waals surface area contributed by atoms with Crippen molar-refractivity contribution in [3.05, 3.63) is 108 Å². The number of benzene rings is 3. The maximum atomic E-state index is 2.69. The molecule has 0 fully saturated rings. The van der Waals surface area contributed by atoms with Crippen LogP contribution in [0.1, 0.15) is 16.7 Å².